The smallest absolute Gasteiger partial charge is 0.141 e. The minimum Gasteiger partial charge on any atom is -0.368 e. The average Bonchev–Trinajstić information content (AvgIpc) is 2.30. The predicted octanol–water partition coefficient (Wildman–Crippen LogP) is 2.33. The van der Waals surface area contributed by atoms with Crippen molar-refractivity contribution in [1.82, 2.24) is 10.3 Å². The number of nitrogens with one attached hydrogen (secondary N) is 2. The van der Waals surface area contributed by atoms with Gasteiger partial charge in [-0.05, 0) is 43.9 Å². The van der Waals surface area contributed by atoms with Crippen LogP contribution >= 0.6 is 0 Å². The second-order valence-electron chi connectivity index (χ2n) is 4.99. The van der Waals surface area contributed by atoms with Crippen LogP contribution in [0, 0.1) is 18.7 Å². The van der Waals surface area contributed by atoms with E-state index >= 15 is 0 Å². The molecule has 0 aromatic carbocycles. The number of nitrogens with zero attached hydrogens (tertiary/aromatic N) is 1. The minimum absolute atomic E-state index is 0.280. The van der Waals surface area contributed by atoms with E-state index in [1.807, 2.05) is 6.92 Å². The van der Waals surface area contributed by atoms with Crippen LogP contribution < -0.4 is 10.6 Å². The monoisotopic (exact) mass is 237 g/mol. The third kappa shape index (κ3) is 3.40. The van der Waals surface area contributed by atoms with Gasteiger partial charge in [-0.25, -0.2) is 9.37 Å². The normalized spacial score (nSPS) is 24.6. The van der Waals surface area contributed by atoms with E-state index in [0.717, 1.165) is 30.4 Å². The fourth-order valence-electron chi connectivity index (χ4n) is 2.18. The zero-order valence-corrected chi connectivity index (χ0v) is 10.5. The van der Waals surface area contributed by atoms with Crippen molar-refractivity contribution in [2.75, 3.05) is 18.4 Å². The van der Waals surface area contributed by atoms with Gasteiger partial charge in [-0.3, -0.25) is 0 Å². The molecule has 1 aliphatic heterocycles. The number of hydrogen-bond donors (Lipinski definition) is 2. The van der Waals surface area contributed by atoms with E-state index in [1.54, 1.807) is 0 Å². The first kappa shape index (κ1) is 12.3. The number of piperidine rings is 1. The highest BCUT2D eigenvalue weighted by Crippen LogP contribution is 2.15. The molecule has 1 aromatic rings. The summed E-state index contributed by atoms with van der Waals surface area (Å²) in [5.74, 6) is 1.28. The molecule has 1 saturated heterocycles. The molecule has 2 unspecified atom stereocenters. The van der Waals surface area contributed by atoms with Gasteiger partial charge < -0.3 is 10.6 Å². The van der Waals surface area contributed by atoms with Crippen molar-refractivity contribution in [3.05, 3.63) is 23.6 Å². The van der Waals surface area contributed by atoms with Crippen molar-refractivity contribution >= 4 is 5.82 Å². The van der Waals surface area contributed by atoms with Gasteiger partial charge in [-0.15, -0.1) is 0 Å². The number of aryl methyl sites for hydroxylation is 1. The molecule has 0 spiro atoms. The Balaban J connectivity index is 1.85. The van der Waals surface area contributed by atoms with Gasteiger partial charge in [-0.1, -0.05) is 6.92 Å². The summed E-state index contributed by atoms with van der Waals surface area (Å²) < 4.78 is 12.9. The van der Waals surface area contributed by atoms with Gasteiger partial charge >= 0.3 is 0 Å². The van der Waals surface area contributed by atoms with Crippen LogP contribution in [-0.4, -0.2) is 24.1 Å². The zero-order chi connectivity index (χ0) is 12.3. The molecular weight excluding hydrogens is 217 g/mol. The lowest BCUT2D eigenvalue weighted by Gasteiger charge is -2.28. The molecule has 0 aliphatic carbocycles. The highest BCUT2D eigenvalue weighted by molar-refractivity contribution is 5.42. The topological polar surface area (TPSA) is 37.0 Å². The number of rotatable bonds is 3. The largest absolute Gasteiger partial charge is 0.368 e. The Morgan fingerprint density at radius 3 is 3.00 bits per heavy atom. The Morgan fingerprint density at radius 2 is 2.35 bits per heavy atom. The van der Waals surface area contributed by atoms with E-state index in [2.05, 4.69) is 22.5 Å². The molecule has 4 heteroatoms. The first-order valence-corrected chi connectivity index (χ1v) is 6.24. The van der Waals surface area contributed by atoms with Crippen LogP contribution in [0.1, 0.15) is 25.3 Å². The van der Waals surface area contributed by atoms with E-state index in [-0.39, 0.29) is 5.82 Å². The lowest BCUT2D eigenvalue weighted by atomic mass is 9.96. The van der Waals surface area contributed by atoms with Crippen molar-refractivity contribution in [3.63, 3.8) is 0 Å². The Hall–Kier alpha value is -1.16. The van der Waals surface area contributed by atoms with Gasteiger partial charge in [0, 0.05) is 12.6 Å². The van der Waals surface area contributed by atoms with E-state index in [0.29, 0.717) is 6.04 Å². The number of halogens is 1. The number of aromatic nitrogens is 1. The summed E-state index contributed by atoms with van der Waals surface area (Å²) in [6.45, 7) is 6.07. The van der Waals surface area contributed by atoms with Crippen LogP contribution in [0.15, 0.2) is 12.3 Å². The lowest BCUT2D eigenvalue weighted by Crippen LogP contribution is -2.42. The van der Waals surface area contributed by atoms with Crippen LogP contribution in [-0.2, 0) is 0 Å². The summed E-state index contributed by atoms with van der Waals surface area (Å²) in [6.07, 6.45) is 3.72. The van der Waals surface area contributed by atoms with E-state index < -0.39 is 0 Å². The van der Waals surface area contributed by atoms with Crippen molar-refractivity contribution in [3.8, 4) is 0 Å². The SMILES string of the molecule is Cc1cc(F)cnc1NCC1CCC(C)CN1. The second-order valence-corrected chi connectivity index (χ2v) is 4.99. The maximum atomic E-state index is 12.9. The number of pyridine rings is 1. The summed E-state index contributed by atoms with van der Waals surface area (Å²) in [6, 6.07) is 2.00. The second kappa shape index (κ2) is 5.45. The summed E-state index contributed by atoms with van der Waals surface area (Å²) in [7, 11) is 0. The Kier molecular flexibility index (Phi) is 3.94. The minimum atomic E-state index is -0.280. The van der Waals surface area contributed by atoms with Crippen LogP contribution in [0.25, 0.3) is 0 Å². The van der Waals surface area contributed by atoms with Gasteiger partial charge in [0.25, 0.3) is 0 Å². The Labute approximate surface area is 102 Å². The van der Waals surface area contributed by atoms with Gasteiger partial charge in [0.1, 0.15) is 11.6 Å². The zero-order valence-electron chi connectivity index (χ0n) is 10.5. The molecule has 0 radical (unpaired) electrons. The van der Waals surface area contributed by atoms with E-state index in [1.165, 1.54) is 25.1 Å². The molecule has 2 heterocycles. The Morgan fingerprint density at radius 1 is 1.53 bits per heavy atom. The van der Waals surface area contributed by atoms with Gasteiger partial charge in [0.05, 0.1) is 6.20 Å². The molecule has 0 amide bonds. The van der Waals surface area contributed by atoms with Gasteiger partial charge in [-0.2, -0.15) is 0 Å². The summed E-state index contributed by atoms with van der Waals surface area (Å²) in [5.41, 5.74) is 0.856. The van der Waals surface area contributed by atoms with Crippen molar-refractivity contribution in [2.45, 2.75) is 32.7 Å². The summed E-state index contributed by atoms with van der Waals surface area (Å²) in [4.78, 5) is 4.06. The molecule has 2 rings (SSSR count). The fraction of sp³-hybridized carbons (Fsp3) is 0.615. The maximum absolute atomic E-state index is 12.9. The maximum Gasteiger partial charge on any atom is 0.141 e. The third-order valence-electron chi connectivity index (χ3n) is 3.32. The quantitative estimate of drug-likeness (QED) is 0.847. The Bertz CT molecular complexity index is 373. The highest BCUT2D eigenvalue weighted by atomic mass is 19.1. The molecule has 2 atom stereocenters. The predicted molar refractivity (Wildman–Crippen MR) is 67.6 cm³/mol. The molecule has 94 valence electrons. The van der Waals surface area contributed by atoms with Crippen molar-refractivity contribution in [2.24, 2.45) is 5.92 Å². The van der Waals surface area contributed by atoms with E-state index in [9.17, 15) is 4.39 Å². The average molecular weight is 237 g/mol. The molecular formula is C13H20FN3. The first-order valence-electron chi connectivity index (χ1n) is 6.24. The van der Waals surface area contributed by atoms with Gasteiger partial charge in [0.2, 0.25) is 0 Å². The molecule has 17 heavy (non-hydrogen) atoms. The third-order valence-corrected chi connectivity index (χ3v) is 3.32. The number of anilines is 1. The standard InChI is InChI=1S/C13H20FN3/c1-9-3-4-12(15-6-9)8-17-13-10(2)5-11(14)7-16-13/h5,7,9,12,15H,3-4,6,8H2,1-2H3,(H,16,17). The van der Waals surface area contributed by atoms with Crippen molar-refractivity contribution < 1.29 is 4.39 Å². The van der Waals surface area contributed by atoms with Crippen LogP contribution in [0.2, 0.25) is 0 Å². The molecule has 2 N–H and O–H groups in total. The highest BCUT2D eigenvalue weighted by Gasteiger charge is 2.17. The molecule has 1 aliphatic rings. The summed E-state index contributed by atoms with van der Waals surface area (Å²) in [5, 5.41) is 6.79. The van der Waals surface area contributed by atoms with E-state index in [4.69, 9.17) is 0 Å². The molecule has 0 bridgehead atoms. The van der Waals surface area contributed by atoms with Gasteiger partial charge in [0.15, 0.2) is 0 Å². The molecule has 0 saturated carbocycles. The van der Waals surface area contributed by atoms with Crippen molar-refractivity contribution in [1.29, 1.82) is 0 Å². The first-order chi connectivity index (χ1) is 8.15. The van der Waals surface area contributed by atoms with Crippen LogP contribution in [0.3, 0.4) is 0 Å². The molecule has 1 fully saturated rings. The number of hydrogen-bond acceptors (Lipinski definition) is 3. The lowest BCUT2D eigenvalue weighted by molar-refractivity contribution is 0.336. The molecule has 1 aromatic heterocycles. The van der Waals surface area contributed by atoms with Crippen LogP contribution in [0.5, 0.6) is 0 Å². The van der Waals surface area contributed by atoms with Crippen LogP contribution in [0.4, 0.5) is 10.2 Å². The molecule has 3 nitrogen and oxygen atoms in total. The fourth-order valence-corrected chi connectivity index (χ4v) is 2.18. The summed E-state index contributed by atoms with van der Waals surface area (Å²) >= 11 is 0.